The summed E-state index contributed by atoms with van der Waals surface area (Å²) in [6, 6.07) is 1.41. The molecule has 0 aliphatic heterocycles. The predicted molar refractivity (Wildman–Crippen MR) is 62.4 cm³/mol. The Labute approximate surface area is 101 Å². The van der Waals surface area contributed by atoms with Crippen molar-refractivity contribution in [2.24, 2.45) is 0 Å². The van der Waals surface area contributed by atoms with E-state index < -0.39 is 5.97 Å². The van der Waals surface area contributed by atoms with Gasteiger partial charge in [-0.25, -0.2) is 4.79 Å². The quantitative estimate of drug-likeness (QED) is 0.755. The number of amides is 2. The Hall–Kier alpha value is -1.77. The van der Waals surface area contributed by atoms with Crippen molar-refractivity contribution in [3.8, 4) is 6.07 Å². The summed E-state index contributed by atoms with van der Waals surface area (Å²) in [7, 11) is 1.58. The summed E-state index contributed by atoms with van der Waals surface area (Å²) in [5.41, 5.74) is 0. The van der Waals surface area contributed by atoms with Crippen molar-refractivity contribution < 1.29 is 14.7 Å². The molecular weight excluding hydrogens is 222 g/mol. The van der Waals surface area contributed by atoms with Gasteiger partial charge in [0.2, 0.25) is 0 Å². The Morgan fingerprint density at radius 2 is 2.06 bits per heavy atom. The molecule has 0 heterocycles. The SMILES string of the molecule is CCCN(CC(=O)O)C(=O)N(C)C(C)CC#N. The lowest BCUT2D eigenvalue weighted by Crippen LogP contribution is -2.47. The first-order chi connectivity index (χ1) is 7.93. The Balaban J connectivity index is 4.59. The summed E-state index contributed by atoms with van der Waals surface area (Å²) in [6.07, 6.45) is 0.925. The molecule has 0 aromatic heterocycles. The van der Waals surface area contributed by atoms with Gasteiger partial charge in [0.25, 0.3) is 0 Å². The average molecular weight is 241 g/mol. The van der Waals surface area contributed by atoms with E-state index in [9.17, 15) is 9.59 Å². The fourth-order valence-electron chi connectivity index (χ4n) is 1.36. The standard InChI is InChI=1S/C11H19N3O3/c1-4-7-14(8-10(15)16)11(17)13(3)9(2)5-6-12/h9H,4-5,7-8H2,1-3H3,(H,15,16). The van der Waals surface area contributed by atoms with Crippen LogP contribution in [0.2, 0.25) is 0 Å². The van der Waals surface area contributed by atoms with E-state index in [2.05, 4.69) is 0 Å². The smallest absolute Gasteiger partial charge is 0.323 e. The molecule has 0 radical (unpaired) electrons. The fourth-order valence-corrected chi connectivity index (χ4v) is 1.36. The van der Waals surface area contributed by atoms with E-state index in [4.69, 9.17) is 10.4 Å². The van der Waals surface area contributed by atoms with Crippen LogP contribution in [0.15, 0.2) is 0 Å². The molecule has 1 N–H and O–H groups in total. The molecule has 0 spiro atoms. The van der Waals surface area contributed by atoms with Crippen LogP contribution in [0.25, 0.3) is 0 Å². The van der Waals surface area contributed by atoms with Crippen molar-refractivity contribution in [1.82, 2.24) is 9.80 Å². The molecule has 0 saturated carbocycles. The number of nitrogens with zero attached hydrogens (tertiary/aromatic N) is 3. The van der Waals surface area contributed by atoms with Gasteiger partial charge >= 0.3 is 12.0 Å². The van der Waals surface area contributed by atoms with Gasteiger partial charge in [-0.2, -0.15) is 5.26 Å². The summed E-state index contributed by atoms with van der Waals surface area (Å²) in [5, 5.41) is 17.3. The molecule has 6 nitrogen and oxygen atoms in total. The number of hydrogen-bond donors (Lipinski definition) is 1. The van der Waals surface area contributed by atoms with E-state index in [-0.39, 0.29) is 25.0 Å². The molecular formula is C11H19N3O3. The second-order valence-electron chi connectivity index (χ2n) is 3.92. The monoisotopic (exact) mass is 241 g/mol. The summed E-state index contributed by atoms with van der Waals surface area (Å²) in [6.45, 7) is 3.72. The van der Waals surface area contributed by atoms with E-state index in [0.717, 1.165) is 0 Å². The van der Waals surface area contributed by atoms with Crippen LogP contribution in [0.1, 0.15) is 26.7 Å². The van der Waals surface area contributed by atoms with Crippen LogP contribution in [-0.4, -0.2) is 53.1 Å². The molecule has 0 aromatic carbocycles. The number of carbonyl (C=O) groups excluding carboxylic acids is 1. The number of urea groups is 1. The van der Waals surface area contributed by atoms with Gasteiger partial charge in [0, 0.05) is 19.6 Å². The minimum atomic E-state index is -1.03. The van der Waals surface area contributed by atoms with Gasteiger partial charge in [-0.1, -0.05) is 6.92 Å². The lowest BCUT2D eigenvalue weighted by molar-refractivity contribution is -0.137. The summed E-state index contributed by atoms with van der Waals surface area (Å²) in [4.78, 5) is 25.3. The van der Waals surface area contributed by atoms with Crippen molar-refractivity contribution in [2.75, 3.05) is 20.1 Å². The lowest BCUT2D eigenvalue weighted by Gasteiger charge is -2.29. The molecule has 0 aromatic rings. The Morgan fingerprint density at radius 3 is 2.47 bits per heavy atom. The maximum absolute atomic E-state index is 12.0. The number of carboxylic acids is 1. The number of carboxylic acid groups (broad SMARTS) is 1. The molecule has 0 saturated heterocycles. The molecule has 17 heavy (non-hydrogen) atoms. The molecule has 0 bridgehead atoms. The summed E-state index contributed by atoms with van der Waals surface area (Å²) < 4.78 is 0. The zero-order valence-electron chi connectivity index (χ0n) is 10.5. The molecule has 0 aliphatic carbocycles. The maximum atomic E-state index is 12.0. The van der Waals surface area contributed by atoms with Gasteiger partial charge in [-0.3, -0.25) is 4.79 Å². The number of rotatable bonds is 6. The topological polar surface area (TPSA) is 84.6 Å². The van der Waals surface area contributed by atoms with Crippen LogP contribution in [0.4, 0.5) is 4.79 Å². The zero-order chi connectivity index (χ0) is 13.4. The van der Waals surface area contributed by atoms with Crippen molar-refractivity contribution >= 4 is 12.0 Å². The second kappa shape index (κ2) is 7.49. The van der Waals surface area contributed by atoms with Crippen LogP contribution < -0.4 is 0 Å². The first-order valence-electron chi connectivity index (χ1n) is 5.54. The average Bonchev–Trinajstić information content (AvgIpc) is 2.26. The van der Waals surface area contributed by atoms with Crippen LogP contribution >= 0.6 is 0 Å². The van der Waals surface area contributed by atoms with E-state index in [1.54, 1.807) is 14.0 Å². The molecule has 2 amide bonds. The van der Waals surface area contributed by atoms with E-state index in [1.807, 2.05) is 13.0 Å². The Bertz CT molecular complexity index is 312. The number of aliphatic carboxylic acids is 1. The van der Waals surface area contributed by atoms with Gasteiger partial charge in [0.05, 0.1) is 12.5 Å². The predicted octanol–water partition coefficient (Wildman–Crippen LogP) is 1.14. The van der Waals surface area contributed by atoms with Gasteiger partial charge in [-0.05, 0) is 13.3 Å². The number of nitriles is 1. The van der Waals surface area contributed by atoms with E-state index in [0.29, 0.717) is 13.0 Å². The third-order valence-corrected chi connectivity index (χ3v) is 2.44. The number of carbonyl (C=O) groups is 2. The van der Waals surface area contributed by atoms with Crippen molar-refractivity contribution in [3.05, 3.63) is 0 Å². The normalized spacial score (nSPS) is 11.4. The van der Waals surface area contributed by atoms with Gasteiger partial charge in [-0.15, -0.1) is 0 Å². The number of hydrogen-bond acceptors (Lipinski definition) is 3. The molecule has 6 heteroatoms. The molecule has 0 aliphatic rings. The highest BCUT2D eigenvalue weighted by Gasteiger charge is 2.22. The van der Waals surface area contributed by atoms with Crippen LogP contribution in [0.5, 0.6) is 0 Å². The molecule has 1 atom stereocenters. The zero-order valence-corrected chi connectivity index (χ0v) is 10.5. The highest BCUT2D eigenvalue weighted by molar-refractivity contribution is 5.80. The fraction of sp³-hybridized carbons (Fsp3) is 0.727. The van der Waals surface area contributed by atoms with Gasteiger partial charge in [0.15, 0.2) is 0 Å². The van der Waals surface area contributed by atoms with Crippen molar-refractivity contribution in [3.63, 3.8) is 0 Å². The Morgan fingerprint density at radius 1 is 1.47 bits per heavy atom. The third kappa shape index (κ3) is 5.20. The van der Waals surface area contributed by atoms with Gasteiger partial charge in [0.1, 0.15) is 6.54 Å². The first kappa shape index (κ1) is 15.2. The van der Waals surface area contributed by atoms with E-state index >= 15 is 0 Å². The highest BCUT2D eigenvalue weighted by Crippen LogP contribution is 2.05. The molecule has 96 valence electrons. The lowest BCUT2D eigenvalue weighted by atomic mass is 10.2. The van der Waals surface area contributed by atoms with Crippen LogP contribution in [-0.2, 0) is 4.79 Å². The van der Waals surface area contributed by atoms with Crippen LogP contribution in [0, 0.1) is 11.3 Å². The minimum absolute atomic E-state index is 0.222. The maximum Gasteiger partial charge on any atom is 0.323 e. The van der Waals surface area contributed by atoms with Crippen LogP contribution in [0.3, 0.4) is 0 Å². The Kier molecular flexibility index (Phi) is 6.71. The van der Waals surface area contributed by atoms with Gasteiger partial charge < -0.3 is 14.9 Å². The van der Waals surface area contributed by atoms with Crippen molar-refractivity contribution in [1.29, 1.82) is 5.26 Å². The molecule has 0 fully saturated rings. The largest absolute Gasteiger partial charge is 0.480 e. The second-order valence-corrected chi connectivity index (χ2v) is 3.92. The van der Waals surface area contributed by atoms with E-state index in [1.165, 1.54) is 9.80 Å². The molecule has 1 unspecified atom stereocenters. The first-order valence-corrected chi connectivity index (χ1v) is 5.54. The summed E-state index contributed by atoms with van der Waals surface area (Å²) >= 11 is 0. The highest BCUT2D eigenvalue weighted by atomic mass is 16.4. The van der Waals surface area contributed by atoms with Crippen molar-refractivity contribution in [2.45, 2.75) is 32.7 Å². The molecule has 0 rings (SSSR count). The minimum Gasteiger partial charge on any atom is -0.480 e. The summed E-state index contributed by atoms with van der Waals surface area (Å²) in [5.74, 6) is -1.03. The third-order valence-electron chi connectivity index (χ3n) is 2.44.